The lowest BCUT2D eigenvalue weighted by Gasteiger charge is -2.16. The van der Waals surface area contributed by atoms with Crippen molar-refractivity contribution in [3.63, 3.8) is 0 Å². The quantitative estimate of drug-likeness (QED) is 0.842. The van der Waals surface area contributed by atoms with Gasteiger partial charge in [-0.25, -0.2) is 0 Å². The van der Waals surface area contributed by atoms with Gasteiger partial charge in [0.25, 0.3) is 0 Å². The Morgan fingerprint density at radius 2 is 1.83 bits per heavy atom. The predicted octanol–water partition coefficient (Wildman–Crippen LogP) is 2.53. The van der Waals surface area contributed by atoms with Crippen LogP contribution in [0.25, 0.3) is 0 Å². The van der Waals surface area contributed by atoms with Crippen molar-refractivity contribution >= 4 is 0 Å². The lowest BCUT2D eigenvalue weighted by atomic mass is 10.0. The van der Waals surface area contributed by atoms with Gasteiger partial charge in [-0.3, -0.25) is 0 Å². The normalized spacial score (nSPS) is 18.1. The van der Waals surface area contributed by atoms with Gasteiger partial charge in [-0.2, -0.15) is 23.8 Å². The van der Waals surface area contributed by atoms with Gasteiger partial charge in [-0.1, -0.05) is 30.3 Å². The Morgan fingerprint density at radius 1 is 1.11 bits per heavy atom. The van der Waals surface area contributed by atoms with E-state index in [-0.39, 0.29) is 6.29 Å². The van der Waals surface area contributed by atoms with Crippen molar-refractivity contribution < 1.29 is 14.6 Å². The van der Waals surface area contributed by atoms with Crippen molar-refractivity contribution in [2.45, 2.75) is 12.4 Å². The van der Waals surface area contributed by atoms with Gasteiger partial charge in [0.1, 0.15) is 0 Å². The van der Waals surface area contributed by atoms with Crippen LogP contribution in [-0.4, -0.2) is 18.3 Å². The molecule has 1 atom stereocenters. The lowest BCUT2D eigenvalue weighted by Crippen LogP contribution is -1.98. The molecule has 1 unspecified atom stereocenters. The molecule has 0 saturated carbocycles. The van der Waals surface area contributed by atoms with Crippen molar-refractivity contribution in [3.05, 3.63) is 65.2 Å². The van der Waals surface area contributed by atoms with E-state index in [1.54, 1.807) is 0 Å². The number of hydrogen-bond acceptors (Lipinski definition) is 3. The smallest absolute Gasteiger partial charge is 0.161 e. The second kappa shape index (κ2) is 4.98. The van der Waals surface area contributed by atoms with Crippen LogP contribution in [0.4, 0.5) is 0 Å². The lowest BCUT2D eigenvalue weighted by molar-refractivity contribution is -0.0439. The molecular weight excluding hydrogens is 228 g/mol. The molecule has 1 aliphatic heterocycles. The maximum absolute atomic E-state index is 10.3. The molecule has 18 heavy (non-hydrogen) atoms. The van der Waals surface area contributed by atoms with Gasteiger partial charge in [0.15, 0.2) is 6.29 Å². The summed E-state index contributed by atoms with van der Waals surface area (Å²) in [5.74, 6) is 0. The molecule has 0 radical (unpaired) electrons. The van der Waals surface area contributed by atoms with Crippen LogP contribution in [0.3, 0.4) is 0 Å². The Morgan fingerprint density at radius 3 is 2.56 bits per heavy atom. The molecule has 1 aliphatic rings. The second-order valence-electron chi connectivity index (χ2n) is 4.36. The van der Waals surface area contributed by atoms with E-state index in [4.69, 9.17) is 9.47 Å². The largest absolute Gasteiger partial charge is 0.397 e. The SMILES string of the molecule is OC(c1ccccc1)c1c[cH-]c(C2OCCO2)c1. The Kier molecular flexibility index (Phi) is 3.19. The highest BCUT2D eigenvalue weighted by atomic mass is 16.7. The summed E-state index contributed by atoms with van der Waals surface area (Å²) in [4.78, 5) is 0. The maximum Gasteiger partial charge on any atom is 0.161 e. The van der Waals surface area contributed by atoms with Gasteiger partial charge in [-0.05, 0) is 5.56 Å². The first kappa shape index (κ1) is 11.5. The summed E-state index contributed by atoms with van der Waals surface area (Å²) < 4.78 is 10.9. The Hall–Kier alpha value is -1.55. The number of rotatable bonds is 3. The summed E-state index contributed by atoms with van der Waals surface area (Å²) in [5.41, 5.74) is 2.73. The first-order chi connectivity index (χ1) is 8.84. The van der Waals surface area contributed by atoms with Crippen LogP contribution in [0.5, 0.6) is 0 Å². The molecule has 3 heteroatoms. The number of benzene rings is 1. The van der Waals surface area contributed by atoms with Crippen molar-refractivity contribution in [1.82, 2.24) is 0 Å². The van der Waals surface area contributed by atoms with Crippen molar-refractivity contribution in [3.8, 4) is 0 Å². The highest BCUT2D eigenvalue weighted by Crippen LogP contribution is 2.29. The summed E-state index contributed by atoms with van der Waals surface area (Å²) in [6.45, 7) is 1.26. The topological polar surface area (TPSA) is 38.7 Å². The summed E-state index contributed by atoms with van der Waals surface area (Å²) in [7, 11) is 0. The predicted molar refractivity (Wildman–Crippen MR) is 67.2 cm³/mol. The van der Waals surface area contributed by atoms with Crippen LogP contribution in [-0.2, 0) is 9.47 Å². The molecule has 2 aromatic rings. The molecule has 1 fully saturated rings. The molecule has 0 spiro atoms. The van der Waals surface area contributed by atoms with Crippen molar-refractivity contribution in [2.75, 3.05) is 13.2 Å². The molecule has 3 rings (SSSR count). The van der Waals surface area contributed by atoms with Crippen LogP contribution < -0.4 is 0 Å². The molecule has 1 saturated heterocycles. The van der Waals surface area contributed by atoms with E-state index >= 15 is 0 Å². The summed E-state index contributed by atoms with van der Waals surface area (Å²) >= 11 is 0. The standard InChI is InChI=1S/C15H15O3/c16-14(11-4-2-1-3-5-11)12-6-7-13(10-12)15-17-8-9-18-15/h1-7,10,14-16H,8-9H2/q-1. The van der Waals surface area contributed by atoms with Crippen LogP contribution >= 0.6 is 0 Å². The van der Waals surface area contributed by atoms with Crippen LogP contribution in [0.1, 0.15) is 29.1 Å². The van der Waals surface area contributed by atoms with E-state index in [1.165, 1.54) is 0 Å². The molecule has 3 nitrogen and oxygen atoms in total. The molecule has 1 heterocycles. The minimum atomic E-state index is -0.596. The minimum Gasteiger partial charge on any atom is -0.397 e. The zero-order valence-electron chi connectivity index (χ0n) is 9.95. The highest BCUT2D eigenvalue weighted by molar-refractivity contribution is 5.34. The number of aliphatic hydroxyl groups excluding tert-OH is 1. The van der Waals surface area contributed by atoms with E-state index in [2.05, 4.69) is 0 Å². The summed E-state index contributed by atoms with van der Waals surface area (Å²) in [6, 6.07) is 15.4. The van der Waals surface area contributed by atoms with Gasteiger partial charge in [-0.15, -0.1) is 5.56 Å². The van der Waals surface area contributed by atoms with Gasteiger partial charge in [0.2, 0.25) is 0 Å². The Balaban J connectivity index is 1.80. The minimum absolute atomic E-state index is 0.276. The first-order valence-corrected chi connectivity index (χ1v) is 6.07. The third-order valence-corrected chi connectivity index (χ3v) is 3.13. The van der Waals surface area contributed by atoms with Crippen molar-refractivity contribution in [2.24, 2.45) is 0 Å². The fourth-order valence-corrected chi connectivity index (χ4v) is 2.18. The zero-order chi connectivity index (χ0) is 12.4. The number of hydrogen-bond donors (Lipinski definition) is 1. The highest BCUT2D eigenvalue weighted by Gasteiger charge is 2.16. The Bertz CT molecular complexity index is 497. The summed E-state index contributed by atoms with van der Waals surface area (Å²) in [6.07, 6.45) is -0.872. The van der Waals surface area contributed by atoms with Crippen LogP contribution in [0.15, 0.2) is 48.5 Å². The molecule has 0 amide bonds. The van der Waals surface area contributed by atoms with Gasteiger partial charge in [0, 0.05) is 0 Å². The molecule has 0 bridgehead atoms. The average Bonchev–Trinajstić information content (AvgIpc) is 3.09. The molecule has 0 aliphatic carbocycles. The van der Waals surface area contributed by atoms with Crippen molar-refractivity contribution in [1.29, 1.82) is 0 Å². The zero-order valence-corrected chi connectivity index (χ0v) is 9.95. The average molecular weight is 243 g/mol. The van der Waals surface area contributed by atoms with Gasteiger partial charge in [0.05, 0.1) is 19.3 Å². The monoisotopic (exact) mass is 243 g/mol. The molecule has 2 aromatic carbocycles. The Labute approximate surface area is 106 Å². The molecule has 1 N–H and O–H groups in total. The van der Waals surface area contributed by atoms with E-state index < -0.39 is 6.10 Å². The molecule has 94 valence electrons. The molecule has 0 aromatic heterocycles. The second-order valence-corrected chi connectivity index (χ2v) is 4.36. The first-order valence-electron chi connectivity index (χ1n) is 6.07. The van der Waals surface area contributed by atoms with E-state index in [1.807, 2.05) is 48.5 Å². The van der Waals surface area contributed by atoms with Crippen LogP contribution in [0.2, 0.25) is 0 Å². The van der Waals surface area contributed by atoms with Gasteiger partial charge < -0.3 is 14.6 Å². The third kappa shape index (κ3) is 2.20. The fraction of sp³-hybridized carbons (Fsp3) is 0.267. The van der Waals surface area contributed by atoms with E-state index in [0.29, 0.717) is 13.2 Å². The van der Waals surface area contributed by atoms with E-state index in [9.17, 15) is 5.11 Å². The third-order valence-electron chi connectivity index (χ3n) is 3.13. The van der Waals surface area contributed by atoms with E-state index in [0.717, 1.165) is 16.7 Å². The number of aliphatic hydroxyl groups is 1. The van der Waals surface area contributed by atoms with Gasteiger partial charge >= 0.3 is 0 Å². The number of ether oxygens (including phenoxy) is 2. The van der Waals surface area contributed by atoms with Crippen LogP contribution in [0, 0.1) is 0 Å². The summed E-state index contributed by atoms with van der Waals surface area (Å²) in [5, 5.41) is 10.3. The molecular formula is C15H15O3-. The fourth-order valence-electron chi connectivity index (χ4n) is 2.18. The maximum atomic E-state index is 10.3.